The van der Waals surface area contributed by atoms with Crippen molar-refractivity contribution in [3.05, 3.63) is 57.2 Å². The van der Waals surface area contributed by atoms with Crippen molar-refractivity contribution >= 4 is 46.3 Å². The number of aromatic carboxylic acids is 2. The zero-order chi connectivity index (χ0) is 14.7. The maximum absolute atomic E-state index is 11.1. The zero-order valence-corrected chi connectivity index (χ0v) is 13.0. The minimum atomic E-state index is -1.24. The third kappa shape index (κ3) is 3.51. The molecule has 2 aromatic carbocycles. The summed E-state index contributed by atoms with van der Waals surface area (Å²) < 4.78 is 1.11. The highest BCUT2D eigenvalue weighted by Crippen LogP contribution is 2.29. The van der Waals surface area contributed by atoms with E-state index in [1.807, 2.05) is 24.3 Å². The maximum Gasteiger partial charge on any atom is 0.336 e. The fourth-order valence-electron chi connectivity index (χ4n) is 1.59. The summed E-state index contributed by atoms with van der Waals surface area (Å²) in [5.41, 5.74) is -0.405. The highest BCUT2D eigenvalue weighted by Gasteiger charge is 2.16. The van der Waals surface area contributed by atoms with Gasteiger partial charge in [0.05, 0.1) is 11.1 Å². The van der Waals surface area contributed by atoms with E-state index in [0.717, 1.165) is 8.47 Å². The predicted octanol–water partition coefficient (Wildman–Crippen LogP) is 3.84. The Morgan fingerprint density at radius 2 is 1.40 bits per heavy atom. The van der Waals surface area contributed by atoms with Crippen molar-refractivity contribution in [3.63, 3.8) is 0 Å². The van der Waals surface area contributed by atoms with Gasteiger partial charge in [-0.1, -0.05) is 11.8 Å². The number of halogens is 1. The third-order valence-electron chi connectivity index (χ3n) is 2.50. The number of carbonyl (C=O) groups is 2. The normalized spacial score (nSPS) is 10.2. The fourth-order valence-corrected chi connectivity index (χ4v) is 2.81. The highest BCUT2D eigenvalue weighted by molar-refractivity contribution is 14.1. The fraction of sp³-hybridized carbons (Fsp3) is 0. The monoisotopic (exact) mass is 400 g/mol. The van der Waals surface area contributed by atoms with E-state index in [0.29, 0.717) is 4.90 Å². The van der Waals surface area contributed by atoms with Crippen molar-refractivity contribution in [2.24, 2.45) is 0 Å². The van der Waals surface area contributed by atoms with Crippen LogP contribution in [0.1, 0.15) is 20.7 Å². The molecule has 102 valence electrons. The Bertz CT molecular complexity index is 667. The second-order valence-corrected chi connectivity index (χ2v) is 6.27. The standard InChI is InChI=1S/C14H9IO4S/c15-8-1-3-9(4-2-8)20-10-5-6-11(13(16)17)12(7-10)14(18)19/h1-7H,(H,16,17)(H,18,19). The predicted molar refractivity (Wildman–Crippen MR) is 83.6 cm³/mol. The summed E-state index contributed by atoms with van der Waals surface area (Å²) in [6, 6.07) is 12.1. The van der Waals surface area contributed by atoms with E-state index in [2.05, 4.69) is 22.6 Å². The number of rotatable bonds is 4. The quantitative estimate of drug-likeness (QED) is 0.763. The first-order valence-electron chi connectivity index (χ1n) is 5.51. The van der Waals surface area contributed by atoms with Crippen LogP contribution < -0.4 is 0 Å². The van der Waals surface area contributed by atoms with E-state index in [1.54, 1.807) is 6.07 Å². The molecule has 0 unspecified atom stereocenters. The smallest absolute Gasteiger partial charge is 0.336 e. The lowest BCUT2D eigenvalue weighted by Crippen LogP contribution is -2.07. The Morgan fingerprint density at radius 3 is 1.95 bits per heavy atom. The summed E-state index contributed by atoms with van der Waals surface area (Å²) in [7, 11) is 0. The van der Waals surface area contributed by atoms with Crippen molar-refractivity contribution in [2.45, 2.75) is 9.79 Å². The van der Waals surface area contributed by atoms with Crippen LogP contribution in [-0.2, 0) is 0 Å². The largest absolute Gasteiger partial charge is 0.478 e. The summed E-state index contributed by atoms with van der Waals surface area (Å²) in [5.74, 6) is -2.49. The summed E-state index contributed by atoms with van der Waals surface area (Å²) in [6.45, 7) is 0. The first-order valence-corrected chi connectivity index (χ1v) is 7.41. The lowest BCUT2D eigenvalue weighted by atomic mass is 10.1. The molecule has 6 heteroatoms. The van der Waals surface area contributed by atoms with Gasteiger partial charge in [0.25, 0.3) is 0 Å². The molecule has 0 aliphatic carbocycles. The van der Waals surface area contributed by atoms with Crippen LogP contribution in [0.4, 0.5) is 0 Å². The first kappa shape index (κ1) is 14.9. The van der Waals surface area contributed by atoms with Crippen LogP contribution in [0.15, 0.2) is 52.3 Å². The molecule has 0 fully saturated rings. The van der Waals surface area contributed by atoms with Gasteiger partial charge in [-0.3, -0.25) is 0 Å². The molecule has 0 saturated heterocycles. The van der Waals surface area contributed by atoms with Gasteiger partial charge < -0.3 is 10.2 Å². The van der Waals surface area contributed by atoms with Crippen molar-refractivity contribution in [3.8, 4) is 0 Å². The van der Waals surface area contributed by atoms with E-state index in [1.165, 1.54) is 23.9 Å². The Balaban J connectivity index is 2.34. The van der Waals surface area contributed by atoms with E-state index in [4.69, 9.17) is 10.2 Å². The minimum Gasteiger partial charge on any atom is -0.478 e. The van der Waals surface area contributed by atoms with Crippen molar-refractivity contribution < 1.29 is 19.8 Å². The molecule has 2 aromatic rings. The van der Waals surface area contributed by atoms with Crippen molar-refractivity contribution in [1.82, 2.24) is 0 Å². The SMILES string of the molecule is O=C(O)c1ccc(Sc2ccc(I)cc2)cc1C(=O)O. The van der Waals surface area contributed by atoms with Gasteiger partial charge >= 0.3 is 11.9 Å². The van der Waals surface area contributed by atoms with Gasteiger partial charge in [-0.05, 0) is 65.1 Å². The van der Waals surface area contributed by atoms with Gasteiger partial charge in [-0.2, -0.15) is 0 Å². The zero-order valence-electron chi connectivity index (χ0n) is 10.0. The molecule has 0 aliphatic heterocycles. The number of carboxylic acid groups (broad SMARTS) is 2. The van der Waals surface area contributed by atoms with Crippen LogP contribution in [0, 0.1) is 3.57 Å². The second kappa shape index (κ2) is 6.27. The van der Waals surface area contributed by atoms with E-state index >= 15 is 0 Å². The first-order chi connectivity index (χ1) is 9.47. The van der Waals surface area contributed by atoms with Crippen LogP contribution in [0.5, 0.6) is 0 Å². The van der Waals surface area contributed by atoms with Crippen LogP contribution in [-0.4, -0.2) is 22.2 Å². The molecule has 2 N–H and O–H groups in total. The van der Waals surface area contributed by atoms with Gasteiger partial charge in [-0.15, -0.1) is 0 Å². The lowest BCUT2D eigenvalue weighted by molar-refractivity contribution is 0.0651. The van der Waals surface area contributed by atoms with Crippen LogP contribution >= 0.6 is 34.4 Å². The molecular formula is C14H9IO4S. The van der Waals surface area contributed by atoms with E-state index < -0.39 is 11.9 Å². The van der Waals surface area contributed by atoms with E-state index in [-0.39, 0.29) is 11.1 Å². The Labute approximate surface area is 133 Å². The van der Waals surface area contributed by atoms with Gasteiger partial charge in [-0.25, -0.2) is 9.59 Å². The van der Waals surface area contributed by atoms with Crippen LogP contribution in [0.25, 0.3) is 0 Å². The molecule has 0 amide bonds. The van der Waals surface area contributed by atoms with Gasteiger partial charge in [0.15, 0.2) is 0 Å². The summed E-state index contributed by atoms with van der Waals surface area (Å²) in [4.78, 5) is 23.7. The van der Waals surface area contributed by atoms with Crippen LogP contribution in [0.2, 0.25) is 0 Å². The highest BCUT2D eigenvalue weighted by atomic mass is 127. The number of hydrogen-bond donors (Lipinski definition) is 2. The third-order valence-corrected chi connectivity index (χ3v) is 4.22. The molecule has 4 nitrogen and oxygen atoms in total. The number of hydrogen-bond acceptors (Lipinski definition) is 3. The van der Waals surface area contributed by atoms with Gasteiger partial charge in [0.1, 0.15) is 0 Å². The number of carboxylic acids is 2. The van der Waals surface area contributed by atoms with Gasteiger partial charge in [0, 0.05) is 13.4 Å². The number of benzene rings is 2. The lowest BCUT2D eigenvalue weighted by Gasteiger charge is -2.06. The molecule has 0 spiro atoms. The molecule has 0 saturated carbocycles. The summed E-state index contributed by atoms with van der Waals surface area (Å²) in [5, 5.41) is 18.0. The van der Waals surface area contributed by atoms with Crippen molar-refractivity contribution in [2.75, 3.05) is 0 Å². The summed E-state index contributed by atoms with van der Waals surface area (Å²) >= 11 is 3.59. The maximum atomic E-state index is 11.1. The average Bonchev–Trinajstić information content (AvgIpc) is 2.41. The van der Waals surface area contributed by atoms with E-state index in [9.17, 15) is 9.59 Å². The molecule has 0 aromatic heterocycles. The molecular weight excluding hydrogens is 391 g/mol. The molecule has 20 heavy (non-hydrogen) atoms. The average molecular weight is 400 g/mol. The molecule has 0 radical (unpaired) electrons. The second-order valence-electron chi connectivity index (χ2n) is 3.87. The van der Waals surface area contributed by atoms with Crippen LogP contribution in [0.3, 0.4) is 0 Å². The minimum absolute atomic E-state index is 0.201. The van der Waals surface area contributed by atoms with Gasteiger partial charge in [0.2, 0.25) is 0 Å². The Morgan fingerprint density at radius 1 is 0.850 bits per heavy atom. The Kier molecular flexibility index (Phi) is 4.66. The topological polar surface area (TPSA) is 74.6 Å². The summed E-state index contributed by atoms with van der Waals surface area (Å²) in [6.07, 6.45) is 0. The molecule has 0 bridgehead atoms. The van der Waals surface area contributed by atoms with Crippen molar-refractivity contribution in [1.29, 1.82) is 0 Å². The Hall–Kier alpha value is -1.54. The molecule has 0 atom stereocenters. The molecule has 0 aliphatic rings. The molecule has 2 rings (SSSR count). The molecule has 0 heterocycles.